The third-order valence-electron chi connectivity index (χ3n) is 6.98. The fourth-order valence-electron chi connectivity index (χ4n) is 4.71. The minimum absolute atomic E-state index is 0.193. The summed E-state index contributed by atoms with van der Waals surface area (Å²) in [7, 11) is 0. The maximum absolute atomic E-state index is 13.3. The van der Waals surface area contributed by atoms with Gasteiger partial charge in [0.1, 0.15) is 17.7 Å². The van der Waals surface area contributed by atoms with Crippen molar-refractivity contribution in [3.8, 4) is 16.9 Å². The normalized spacial score (nSPS) is 17.1. The maximum atomic E-state index is 13.3. The van der Waals surface area contributed by atoms with E-state index in [9.17, 15) is 19.1 Å². The van der Waals surface area contributed by atoms with Crippen LogP contribution in [0.15, 0.2) is 66.7 Å². The molecule has 1 aliphatic carbocycles. The van der Waals surface area contributed by atoms with Gasteiger partial charge in [0.25, 0.3) is 5.91 Å². The zero-order valence-electron chi connectivity index (χ0n) is 20.9. The summed E-state index contributed by atoms with van der Waals surface area (Å²) in [5.74, 6) is -1.29. The fraction of sp³-hybridized carbons (Fsp3) is 0.333. The van der Waals surface area contributed by atoms with E-state index in [-0.39, 0.29) is 17.5 Å². The van der Waals surface area contributed by atoms with Crippen LogP contribution in [0.2, 0.25) is 5.02 Å². The molecule has 2 atom stereocenters. The Balaban J connectivity index is 1.33. The molecule has 6 nitrogen and oxygen atoms in total. The Morgan fingerprint density at radius 2 is 1.76 bits per heavy atom. The molecule has 1 heterocycles. The number of nitrogens with zero attached hydrogens (tertiary/aromatic N) is 1. The van der Waals surface area contributed by atoms with Crippen LogP contribution in [0.4, 0.5) is 4.39 Å². The summed E-state index contributed by atoms with van der Waals surface area (Å²) in [5.41, 5.74) is 2.17. The Morgan fingerprint density at radius 1 is 1.03 bits per heavy atom. The van der Waals surface area contributed by atoms with Gasteiger partial charge in [-0.1, -0.05) is 48.0 Å². The number of hydrogen-bond donors (Lipinski definition) is 2. The maximum Gasteiger partial charge on any atom is 0.292 e. The van der Waals surface area contributed by atoms with E-state index in [0.29, 0.717) is 28.4 Å². The van der Waals surface area contributed by atoms with Crippen LogP contribution in [-0.4, -0.2) is 53.5 Å². The monoisotopic (exact) mass is 536 g/mol. The van der Waals surface area contributed by atoms with Gasteiger partial charge in [0.15, 0.2) is 0 Å². The van der Waals surface area contributed by atoms with Crippen LogP contribution in [0.5, 0.6) is 5.75 Å². The van der Waals surface area contributed by atoms with Gasteiger partial charge in [-0.05, 0) is 85.8 Å². The predicted octanol–water partition coefficient (Wildman–Crippen LogP) is 5.18. The summed E-state index contributed by atoms with van der Waals surface area (Å²) in [6.45, 7) is 2.12. The molecule has 2 fully saturated rings. The van der Waals surface area contributed by atoms with Crippen molar-refractivity contribution in [3.63, 3.8) is 0 Å². The molecule has 0 bridgehead atoms. The average molecular weight is 537 g/mol. The highest BCUT2D eigenvalue weighted by molar-refractivity contribution is 6.43. The van der Waals surface area contributed by atoms with Gasteiger partial charge in [-0.2, -0.15) is 0 Å². The number of halogens is 2. The summed E-state index contributed by atoms with van der Waals surface area (Å²) in [5, 5.41) is 14.5. The van der Waals surface area contributed by atoms with Gasteiger partial charge in [-0.15, -0.1) is 0 Å². The molecule has 5 rings (SSSR count). The number of rotatable bonds is 10. The van der Waals surface area contributed by atoms with Crippen LogP contribution in [0, 0.1) is 5.82 Å². The van der Waals surface area contributed by atoms with Crippen LogP contribution in [0.1, 0.15) is 47.7 Å². The molecule has 3 aromatic carbocycles. The van der Waals surface area contributed by atoms with E-state index in [0.717, 1.165) is 44.3 Å². The van der Waals surface area contributed by atoms with Gasteiger partial charge in [-0.25, -0.2) is 4.39 Å². The van der Waals surface area contributed by atoms with E-state index in [1.807, 2.05) is 0 Å². The number of hydrogen-bond acceptors (Lipinski definition) is 5. The Morgan fingerprint density at radius 3 is 2.45 bits per heavy atom. The molecular formula is C30H30ClFN2O4. The molecule has 2 aliphatic rings. The van der Waals surface area contributed by atoms with Crippen LogP contribution >= 0.6 is 11.6 Å². The topological polar surface area (TPSA) is 78.9 Å². The molecule has 2 unspecified atom stereocenters. The van der Waals surface area contributed by atoms with Crippen LogP contribution < -0.4 is 10.1 Å². The molecule has 38 heavy (non-hydrogen) atoms. The molecule has 198 valence electrons. The Bertz CT molecular complexity index is 1310. The Hall–Kier alpha value is -3.26. The van der Waals surface area contributed by atoms with Crippen molar-refractivity contribution in [2.75, 3.05) is 19.6 Å². The quantitative estimate of drug-likeness (QED) is 0.275. The number of carbonyl (C=O) groups excluding carboxylic acids is 2. The van der Waals surface area contributed by atoms with E-state index in [4.69, 9.17) is 16.3 Å². The molecule has 2 N–H and O–H groups in total. The molecule has 0 spiro atoms. The first kappa shape index (κ1) is 26.4. The second-order valence-corrected chi connectivity index (χ2v) is 10.4. The standard InChI is InChI=1S/C30H30ClFN2O4/c31-25-17-22(8-13-27(25)38-24-11-12-24)28(35)26(18-34-14-1-2-15-34)33-30(37)29(36)21-5-3-4-20(16-21)19-6-9-23(32)10-7-19/h3-10,13,16-17,24,26,28,35H,1-2,11-12,14-15,18H2,(H,33,37). The van der Waals surface area contributed by atoms with Gasteiger partial charge in [0, 0.05) is 12.1 Å². The van der Waals surface area contributed by atoms with E-state index in [1.165, 1.54) is 12.1 Å². The molecule has 1 aliphatic heterocycles. The second kappa shape index (κ2) is 11.6. The summed E-state index contributed by atoms with van der Waals surface area (Å²) in [6.07, 6.45) is 3.22. The fourth-order valence-corrected chi connectivity index (χ4v) is 4.94. The molecule has 0 radical (unpaired) electrons. The minimum atomic E-state index is -1.08. The number of nitrogens with one attached hydrogen (secondary N) is 1. The number of ketones is 1. The zero-order valence-corrected chi connectivity index (χ0v) is 21.7. The molecule has 0 aromatic heterocycles. The van der Waals surface area contributed by atoms with Crippen LogP contribution in [0.3, 0.4) is 0 Å². The number of aliphatic hydroxyl groups excluding tert-OH is 1. The smallest absolute Gasteiger partial charge is 0.292 e. The third kappa shape index (κ3) is 6.41. The summed E-state index contributed by atoms with van der Waals surface area (Å²) < 4.78 is 19.1. The van der Waals surface area contributed by atoms with E-state index in [1.54, 1.807) is 54.6 Å². The van der Waals surface area contributed by atoms with Crippen molar-refractivity contribution in [1.82, 2.24) is 10.2 Å². The molecule has 1 amide bonds. The average Bonchev–Trinajstić information content (AvgIpc) is 3.60. The highest BCUT2D eigenvalue weighted by atomic mass is 35.5. The number of amides is 1. The number of Topliss-reactive ketones (excluding diaryl/α,β-unsaturated/α-hetero) is 1. The minimum Gasteiger partial charge on any atom is -0.489 e. The van der Waals surface area contributed by atoms with Gasteiger partial charge in [0.2, 0.25) is 5.78 Å². The van der Waals surface area contributed by atoms with Crippen LogP contribution in [-0.2, 0) is 4.79 Å². The van der Waals surface area contributed by atoms with Gasteiger partial charge >= 0.3 is 0 Å². The van der Waals surface area contributed by atoms with Crippen molar-refractivity contribution in [2.45, 2.75) is 43.9 Å². The highest BCUT2D eigenvalue weighted by Crippen LogP contribution is 2.34. The lowest BCUT2D eigenvalue weighted by Gasteiger charge is -2.28. The number of carbonyl (C=O) groups is 2. The summed E-state index contributed by atoms with van der Waals surface area (Å²) in [4.78, 5) is 28.4. The van der Waals surface area contributed by atoms with Crippen molar-refractivity contribution in [2.24, 2.45) is 0 Å². The van der Waals surface area contributed by atoms with E-state index >= 15 is 0 Å². The highest BCUT2D eigenvalue weighted by Gasteiger charge is 2.30. The van der Waals surface area contributed by atoms with Crippen molar-refractivity contribution in [1.29, 1.82) is 0 Å². The summed E-state index contributed by atoms with van der Waals surface area (Å²) >= 11 is 6.42. The SMILES string of the molecule is O=C(NC(CN1CCCC1)C(O)c1ccc(OC2CC2)c(Cl)c1)C(=O)c1cccc(-c2ccc(F)cc2)c1. The second-order valence-electron chi connectivity index (χ2n) is 9.96. The first-order chi connectivity index (χ1) is 18.4. The molecular weight excluding hydrogens is 507 g/mol. The number of aliphatic hydroxyl groups is 1. The van der Waals surface area contributed by atoms with Crippen molar-refractivity contribution < 1.29 is 23.8 Å². The largest absolute Gasteiger partial charge is 0.489 e. The molecule has 8 heteroatoms. The first-order valence-corrected chi connectivity index (χ1v) is 13.3. The molecule has 1 saturated carbocycles. The predicted molar refractivity (Wildman–Crippen MR) is 144 cm³/mol. The zero-order chi connectivity index (χ0) is 26.6. The lowest BCUT2D eigenvalue weighted by Crippen LogP contribution is -2.48. The molecule has 1 saturated heterocycles. The number of benzene rings is 3. The van der Waals surface area contributed by atoms with Crippen molar-refractivity contribution >= 4 is 23.3 Å². The molecule has 3 aromatic rings. The summed E-state index contributed by atoms with van der Waals surface area (Å²) in [6, 6.07) is 17.0. The van der Waals surface area contributed by atoms with Gasteiger partial charge in [0.05, 0.1) is 17.2 Å². The lowest BCUT2D eigenvalue weighted by atomic mass is 9.99. The van der Waals surface area contributed by atoms with E-state index in [2.05, 4.69) is 10.2 Å². The number of likely N-dealkylation sites (tertiary alicyclic amines) is 1. The Kier molecular flexibility index (Phi) is 8.07. The van der Waals surface area contributed by atoms with Gasteiger partial charge < -0.3 is 20.1 Å². The third-order valence-corrected chi connectivity index (χ3v) is 7.27. The lowest BCUT2D eigenvalue weighted by molar-refractivity contribution is -0.118. The van der Waals surface area contributed by atoms with Crippen LogP contribution in [0.25, 0.3) is 11.1 Å². The first-order valence-electron chi connectivity index (χ1n) is 12.9. The van der Waals surface area contributed by atoms with E-state index < -0.39 is 23.8 Å². The Labute approximate surface area is 226 Å². The van der Waals surface area contributed by atoms with Gasteiger partial charge in [-0.3, -0.25) is 9.59 Å². The number of ether oxygens (including phenoxy) is 1. The van der Waals surface area contributed by atoms with Crippen molar-refractivity contribution in [3.05, 3.63) is 88.7 Å².